The zero-order chi connectivity index (χ0) is 14.3. The van der Waals surface area contributed by atoms with Crippen LogP contribution in [0.3, 0.4) is 0 Å². The second kappa shape index (κ2) is 4.91. The van der Waals surface area contributed by atoms with Gasteiger partial charge in [0.05, 0.1) is 11.3 Å². The summed E-state index contributed by atoms with van der Waals surface area (Å²) in [5.41, 5.74) is 1.35. The molecule has 0 spiro atoms. The number of hydrogen-bond acceptors (Lipinski definition) is 4. The van der Waals surface area contributed by atoms with Gasteiger partial charge in [0.25, 0.3) is 0 Å². The van der Waals surface area contributed by atoms with Crippen LogP contribution in [0.2, 0.25) is 0 Å². The normalized spacial score (nSPS) is 15.6. The number of fused-ring (bicyclic) bond motifs is 1. The lowest BCUT2D eigenvalue weighted by Crippen LogP contribution is -2.35. The zero-order valence-corrected chi connectivity index (χ0v) is 12.4. The van der Waals surface area contributed by atoms with Crippen LogP contribution in [0.25, 0.3) is 10.6 Å². The maximum absolute atomic E-state index is 12.9. The summed E-state index contributed by atoms with van der Waals surface area (Å²) in [5.74, 6) is -0.228. The van der Waals surface area contributed by atoms with Crippen LogP contribution in [0, 0.1) is 5.82 Å². The van der Waals surface area contributed by atoms with E-state index < -0.39 is 5.60 Å². The summed E-state index contributed by atoms with van der Waals surface area (Å²) in [6, 6.07) is 6.45. The first-order chi connectivity index (χ1) is 9.40. The van der Waals surface area contributed by atoms with E-state index in [0.717, 1.165) is 29.4 Å². The maximum Gasteiger partial charge on any atom is 0.123 e. The average Bonchev–Trinajstić information content (AvgIpc) is 2.85. The Balaban J connectivity index is 1.76. The molecular weight excluding hydrogens is 275 g/mol. The Hall–Kier alpha value is -1.30. The van der Waals surface area contributed by atoms with E-state index in [4.69, 9.17) is 0 Å². The monoisotopic (exact) mass is 292 g/mol. The summed E-state index contributed by atoms with van der Waals surface area (Å²) in [4.78, 5) is 8.08. The van der Waals surface area contributed by atoms with Crippen LogP contribution in [-0.2, 0) is 13.1 Å². The first-order valence-electron chi connectivity index (χ1n) is 6.60. The predicted octanol–water partition coefficient (Wildman–Crippen LogP) is 3.04. The largest absolute Gasteiger partial charge is 0.389 e. The minimum atomic E-state index is -0.687. The lowest BCUT2D eigenvalue weighted by Gasteiger charge is -2.24. The van der Waals surface area contributed by atoms with Crippen molar-refractivity contribution < 1.29 is 9.50 Å². The van der Waals surface area contributed by atoms with Gasteiger partial charge in [-0.3, -0.25) is 4.90 Å². The SMILES string of the molecule is CC(C)(O)CN1Cc2nc(-c3ccc(F)cc3)sc2C1. The molecule has 0 aliphatic carbocycles. The van der Waals surface area contributed by atoms with E-state index in [-0.39, 0.29) is 5.82 Å². The fraction of sp³-hybridized carbons (Fsp3) is 0.400. The lowest BCUT2D eigenvalue weighted by atomic mass is 10.1. The highest BCUT2D eigenvalue weighted by Gasteiger charge is 2.27. The minimum Gasteiger partial charge on any atom is -0.389 e. The van der Waals surface area contributed by atoms with Crippen molar-refractivity contribution in [3.63, 3.8) is 0 Å². The number of aromatic nitrogens is 1. The molecule has 1 aliphatic heterocycles. The molecule has 1 aromatic carbocycles. The third kappa shape index (κ3) is 2.90. The highest BCUT2D eigenvalue weighted by molar-refractivity contribution is 7.15. The van der Waals surface area contributed by atoms with Crippen molar-refractivity contribution in [1.29, 1.82) is 0 Å². The van der Waals surface area contributed by atoms with E-state index in [1.165, 1.54) is 17.0 Å². The Morgan fingerprint density at radius 1 is 1.30 bits per heavy atom. The Labute approximate surface area is 121 Å². The van der Waals surface area contributed by atoms with Crippen molar-refractivity contribution >= 4 is 11.3 Å². The molecular formula is C15H17FN2OS. The number of β-amino-alcohol motifs (C(OH)–C–C–N with tert-alkyl or cyclic N) is 1. The molecule has 2 heterocycles. The van der Waals surface area contributed by atoms with Crippen molar-refractivity contribution in [3.8, 4) is 10.6 Å². The van der Waals surface area contributed by atoms with Gasteiger partial charge in [-0.2, -0.15) is 0 Å². The van der Waals surface area contributed by atoms with E-state index in [1.54, 1.807) is 23.5 Å². The number of halogens is 1. The summed E-state index contributed by atoms with van der Waals surface area (Å²) in [6.45, 7) is 5.88. The number of nitrogens with zero attached hydrogens (tertiary/aromatic N) is 2. The molecule has 0 fully saturated rings. The van der Waals surface area contributed by atoms with Gasteiger partial charge in [-0.15, -0.1) is 11.3 Å². The van der Waals surface area contributed by atoms with E-state index in [0.29, 0.717) is 6.54 Å². The van der Waals surface area contributed by atoms with Crippen LogP contribution in [0.15, 0.2) is 24.3 Å². The maximum atomic E-state index is 12.9. The molecule has 5 heteroatoms. The van der Waals surface area contributed by atoms with Crippen LogP contribution in [0.5, 0.6) is 0 Å². The number of aliphatic hydroxyl groups is 1. The van der Waals surface area contributed by atoms with Gasteiger partial charge in [-0.25, -0.2) is 9.37 Å². The molecule has 20 heavy (non-hydrogen) atoms. The highest BCUT2D eigenvalue weighted by atomic mass is 32.1. The van der Waals surface area contributed by atoms with Gasteiger partial charge in [-0.1, -0.05) is 0 Å². The topological polar surface area (TPSA) is 36.4 Å². The smallest absolute Gasteiger partial charge is 0.123 e. The molecule has 0 bridgehead atoms. The predicted molar refractivity (Wildman–Crippen MR) is 77.9 cm³/mol. The minimum absolute atomic E-state index is 0.228. The van der Waals surface area contributed by atoms with Gasteiger partial charge >= 0.3 is 0 Å². The van der Waals surface area contributed by atoms with Crippen molar-refractivity contribution in [1.82, 2.24) is 9.88 Å². The van der Waals surface area contributed by atoms with Crippen molar-refractivity contribution in [3.05, 3.63) is 40.7 Å². The van der Waals surface area contributed by atoms with Gasteiger partial charge < -0.3 is 5.11 Å². The van der Waals surface area contributed by atoms with E-state index in [2.05, 4.69) is 9.88 Å². The molecule has 3 nitrogen and oxygen atoms in total. The Bertz CT molecular complexity index is 592. The quantitative estimate of drug-likeness (QED) is 0.944. The van der Waals surface area contributed by atoms with Crippen molar-refractivity contribution in [2.45, 2.75) is 32.5 Å². The molecule has 1 aromatic heterocycles. The molecule has 2 aromatic rings. The highest BCUT2D eigenvalue weighted by Crippen LogP contribution is 2.34. The average molecular weight is 292 g/mol. The lowest BCUT2D eigenvalue weighted by molar-refractivity contribution is 0.0350. The molecule has 106 valence electrons. The molecule has 1 aliphatic rings. The van der Waals surface area contributed by atoms with Crippen LogP contribution >= 0.6 is 11.3 Å². The molecule has 1 N–H and O–H groups in total. The third-order valence-electron chi connectivity index (χ3n) is 3.22. The van der Waals surface area contributed by atoms with E-state index in [9.17, 15) is 9.50 Å². The Kier molecular flexibility index (Phi) is 3.36. The summed E-state index contributed by atoms with van der Waals surface area (Å²) >= 11 is 1.65. The number of rotatable bonds is 3. The molecule has 0 saturated heterocycles. The molecule has 0 atom stereocenters. The third-order valence-corrected chi connectivity index (χ3v) is 4.35. The molecule has 0 radical (unpaired) electrons. The van der Waals surface area contributed by atoms with E-state index in [1.807, 2.05) is 13.8 Å². The Morgan fingerprint density at radius 2 is 2.00 bits per heavy atom. The molecule has 0 amide bonds. The van der Waals surface area contributed by atoms with Gasteiger partial charge in [0, 0.05) is 30.1 Å². The van der Waals surface area contributed by atoms with Gasteiger partial charge in [0.2, 0.25) is 0 Å². The summed E-state index contributed by atoms with van der Waals surface area (Å²) in [6.07, 6.45) is 0. The summed E-state index contributed by atoms with van der Waals surface area (Å²) in [5, 5.41) is 10.8. The van der Waals surface area contributed by atoms with Crippen LogP contribution in [0.4, 0.5) is 4.39 Å². The van der Waals surface area contributed by atoms with Crippen molar-refractivity contribution in [2.24, 2.45) is 0 Å². The van der Waals surface area contributed by atoms with Crippen molar-refractivity contribution in [2.75, 3.05) is 6.54 Å². The second-order valence-electron chi connectivity index (χ2n) is 5.85. The standard InChI is InChI=1S/C15H17FN2OS/c1-15(2,19)9-18-7-12-13(8-18)20-14(17-12)10-3-5-11(16)6-4-10/h3-6,19H,7-9H2,1-2H3. The van der Waals surface area contributed by atoms with Crippen LogP contribution in [0.1, 0.15) is 24.4 Å². The van der Waals surface area contributed by atoms with Crippen LogP contribution < -0.4 is 0 Å². The molecule has 0 unspecified atom stereocenters. The van der Waals surface area contributed by atoms with Gasteiger partial charge in [0.1, 0.15) is 10.8 Å². The first kappa shape index (κ1) is 13.7. The zero-order valence-electron chi connectivity index (χ0n) is 11.6. The number of hydrogen-bond donors (Lipinski definition) is 1. The second-order valence-corrected chi connectivity index (χ2v) is 6.94. The summed E-state index contributed by atoms with van der Waals surface area (Å²) in [7, 11) is 0. The Morgan fingerprint density at radius 3 is 2.60 bits per heavy atom. The molecule has 3 rings (SSSR count). The van der Waals surface area contributed by atoms with E-state index >= 15 is 0 Å². The van der Waals surface area contributed by atoms with Crippen LogP contribution in [-0.4, -0.2) is 27.1 Å². The van der Waals surface area contributed by atoms with Gasteiger partial charge in [0.15, 0.2) is 0 Å². The van der Waals surface area contributed by atoms with Gasteiger partial charge in [-0.05, 0) is 38.1 Å². The molecule has 0 saturated carbocycles. The first-order valence-corrected chi connectivity index (χ1v) is 7.42. The fourth-order valence-electron chi connectivity index (χ4n) is 2.48. The summed E-state index contributed by atoms with van der Waals surface area (Å²) < 4.78 is 12.9. The number of thiazole rings is 1. The number of benzene rings is 1. The fourth-order valence-corrected chi connectivity index (χ4v) is 3.59.